The molecule has 4 rings (SSSR count). The molecule has 1 aliphatic heterocycles. The Morgan fingerprint density at radius 1 is 1.08 bits per heavy atom. The molecule has 0 spiro atoms. The van der Waals surface area contributed by atoms with Crippen LogP contribution >= 0.6 is 0 Å². The topological polar surface area (TPSA) is 75.6 Å². The predicted molar refractivity (Wildman–Crippen MR) is 87.7 cm³/mol. The maximum Gasteiger partial charge on any atom is 0.338 e. The summed E-state index contributed by atoms with van der Waals surface area (Å²) in [6.45, 7) is 0.653. The summed E-state index contributed by atoms with van der Waals surface area (Å²) in [6, 6.07) is 16.1. The zero-order valence-electron chi connectivity index (χ0n) is 13.0. The summed E-state index contributed by atoms with van der Waals surface area (Å²) >= 11 is 0. The van der Waals surface area contributed by atoms with Crippen molar-refractivity contribution >= 4 is 11.9 Å². The minimum Gasteiger partial charge on any atom is -0.479 e. The number of carbonyl (C=O) groups is 2. The van der Waals surface area contributed by atoms with E-state index in [0.717, 1.165) is 22.3 Å². The number of aliphatic carboxylic acids is 1. The van der Waals surface area contributed by atoms with E-state index >= 15 is 0 Å². The molecule has 5 nitrogen and oxygen atoms in total. The van der Waals surface area contributed by atoms with E-state index in [-0.39, 0.29) is 18.9 Å². The van der Waals surface area contributed by atoms with Gasteiger partial charge in [-0.2, -0.15) is 0 Å². The van der Waals surface area contributed by atoms with Gasteiger partial charge in [0.2, 0.25) is 5.54 Å². The highest BCUT2D eigenvalue weighted by atomic mass is 16.5. The largest absolute Gasteiger partial charge is 0.479 e. The Kier molecular flexibility index (Phi) is 3.39. The van der Waals surface area contributed by atoms with E-state index < -0.39 is 17.5 Å². The van der Waals surface area contributed by atoms with Gasteiger partial charge in [0.1, 0.15) is 6.61 Å². The van der Waals surface area contributed by atoms with Crippen LogP contribution in [-0.2, 0) is 14.3 Å². The lowest BCUT2D eigenvalue weighted by atomic mass is 9.88. The quantitative estimate of drug-likeness (QED) is 0.666. The van der Waals surface area contributed by atoms with E-state index in [1.54, 1.807) is 0 Å². The molecule has 0 amide bonds. The third kappa shape index (κ3) is 2.05. The normalized spacial score (nSPS) is 21.5. The van der Waals surface area contributed by atoms with Crippen LogP contribution < -0.4 is 5.32 Å². The Morgan fingerprint density at radius 2 is 1.62 bits per heavy atom. The molecule has 2 aromatic carbocycles. The highest BCUT2D eigenvalue weighted by Crippen LogP contribution is 2.44. The number of hydrogen-bond acceptors (Lipinski definition) is 4. The number of carbonyl (C=O) groups excluding carboxylic acids is 1. The number of carboxylic acids is 1. The van der Waals surface area contributed by atoms with Gasteiger partial charge >= 0.3 is 11.9 Å². The number of benzene rings is 2. The second kappa shape index (κ2) is 5.46. The molecule has 0 saturated carbocycles. The van der Waals surface area contributed by atoms with E-state index in [9.17, 15) is 14.7 Å². The summed E-state index contributed by atoms with van der Waals surface area (Å²) in [5.41, 5.74) is 2.93. The third-order valence-corrected chi connectivity index (χ3v) is 4.98. The molecule has 0 radical (unpaired) electrons. The molecule has 1 saturated heterocycles. The zero-order chi connectivity index (χ0) is 16.7. The lowest BCUT2D eigenvalue weighted by molar-refractivity contribution is -0.167. The van der Waals surface area contributed by atoms with Crippen LogP contribution in [0.1, 0.15) is 23.5 Å². The molecule has 122 valence electrons. The first-order valence-electron chi connectivity index (χ1n) is 7.97. The first-order chi connectivity index (χ1) is 11.6. The number of nitrogens with one attached hydrogen (secondary N) is 1. The van der Waals surface area contributed by atoms with E-state index in [0.29, 0.717) is 6.54 Å². The second-order valence-electron chi connectivity index (χ2n) is 6.21. The molecule has 1 atom stereocenters. The van der Waals surface area contributed by atoms with Crippen LogP contribution in [0.15, 0.2) is 48.5 Å². The monoisotopic (exact) mass is 323 g/mol. The van der Waals surface area contributed by atoms with Crippen molar-refractivity contribution in [3.63, 3.8) is 0 Å². The van der Waals surface area contributed by atoms with E-state index in [2.05, 4.69) is 17.4 Å². The van der Waals surface area contributed by atoms with Crippen molar-refractivity contribution in [3.05, 3.63) is 59.7 Å². The van der Waals surface area contributed by atoms with E-state index in [1.807, 2.05) is 36.4 Å². The average molecular weight is 323 g/mol. The first kappa shape index (κ1) is 14.9. The Hall–Kier alpha value is -2.66. The maximum absolute atomic E-state index is 12.3. The summed E-state index contributed by atoms with van der Waals surface area (Å²) in [4.78, 5) is 23.7. The number of hydrogen-bond donors (Lipinski definition) is 2. The fraction of sp³-hybridized carbons (Fsp3) is 0.263. The average Bonchev–Trinajstić information content (AvgIpc) is 2.86. The SMILES string of the molecule is O=C(O)[C@]1(C(=O)OCC2c3ccccc3-c3ccccc32)CCN1. The molecule has 2 aromatic rings. The van der Waals surface area contributed by atoms with Gasteiger partial charge in [-0.3, -0.25) is 5.32 Å². The van der Waals surface area contributed by atoms with Gasteiger partial charge < -0.3 is 9.84 Å². The number of ether oxygens (including phenoxy) is 1. The van der Waals surface area contributed by atoms with E-state index in [1.165, 1.54) is 0 Å². The van der Waals surface area contributed by atoms with Gasteiger partial charge in [-0.1, -0.05) is 48.5 Å². The van der Waals surface area contributed by atoms with Crippen LogP contribution in [0.3, 0.4) is 0 Å². The number of fused-ring (bicyclic) bond motifs is 3. The zero-order valence-corrected chi connectivity index (χ0v) is 13.0. The van der Waals surface area contributed by atoms with E-state index in [4.69, 9.17) is 4.74 Å². The van der Waals surface area contributed by atoms with Gasteiger partial charge in [-0.15, -0.1) is 0 Å². The van der Waals surface area contributed by atoms with Crippen molar-refractivity contribution in [2.24, 2.45) is 0 Å². The fourth-order valence-corrected chi connectivity index (χ4v) is 3.54. The lowest BCUT2D eigenvalue weighted by Crippen LogP contribution is -2.67. The molecule has 1 heterocycles. The molecular weight excluding hydrogens is 306 g/mol. The summed E-state index contributed by atoms with van der Waals surface area (Å²) in [5, 5.41) is 12.0. The Balaban J connectivity index is 1.59. The minimum absolute atomic E-state index is 0.0627. The molecule has 1 aliphatic carbocycles. The van der Waals surface area contributed by atoms with Crippen LogP contribution in [0.2, 0.25) is 0 Å². The molecule has 0 unspecified atom stereocenters. The molecule has 24 heavy (non-hydrogen) atoms. The second-order valence-corrected chi connectivity index (χ2v) is 6.21. The van der Waals surface area contributed by atoms with Crippen molar-refractivity contribution in [2.45, 2.75) is 17.9 Å². The summed E-state index contributed by atoms with van der Waals surface area (Å²) in [5.74, 6) is -1.94. The Morgan fingerprint density at radius 3 is 2.08 bits per heavy atom. The molecular formula is C19H17NO4. The molecule has 1 fully saturated rings. The van der Waals surface area contributed by atoms with Crippen molar-refractivity contribution in [3.8, 4) is 11.1 Å². The van der Waals surface area contributed by atoms with Crippen LogP contribution in [0.25, 0.3) is 11.1 Å². The predicted octanol–water partition coefficient (Wildman–Crippen LogP) is 2.16. The van der Waals surface area contributed by atoms with Gasteiger partial charge in [0.05, 0.1) is 0 Å². The van der Waals surface area contributed by atoms with Crippen molar-refractivity contribution in [1.29, 1.82) is 0 Å². The first-order valence-corrected chi connectivity index (χ1v) is 7.97. The molecule has 0 aromatic heterocycles. The fourth-order valence-electron chi connectivity index (χ4n) is 3.54. The smallest absolute Gasteiger partial charge is 0.338 e. The lowest BCUT2D eigenvalue weighted by Gasteiger charge is -2.36. The summed E-state index contributed by atoms with van der Waals surface area (Å²) < 4.78 is 5.43. The number of rotatable bonds is 4. The standard InChI is InChI=1S/C19H17NO4/c21-17(22)19(9-10-20-19)18(23)24-11-16-14-7-3-1-5-12(14)13-6-2-4-8-15(13)16/h1-8,16,20H,9-11H2,(H,21,22)/t19-/m0/s1. The van der Waals surface area contributed by atoms with Gasteiger partial charge in [0.15, 0.2) is 0 Å². The Bertz CT molecular complexity index is 780. The minimum atomic E-state index is -1.57. The van der Waals surface area contributed by atoms with Gasteiger partial charge in [-0.05, 0) is 35.2 Å². The number of carboxylic acid groups (broad SMARTS) is 1. The molecule has 2 aliphatic rings. The van der Waals surface area contributed by atoms with Crippen LogP contribution in [0.4, 0.5) is 0 Å². The van der Waals surface area contributed by atoms with Crippen molar-refractivity contribution in [2.75, 3.05) is 13.2 Å². The third-order valence-electron chi connectivity index (χ3n) is 4.98. The summed E-state index contributed by atoms with van der Waals surface area (Å²) in [7, 11) is 0. The van der Waals surface area contributed by atoms with Gasteiger partial charge in [0.25, 0.3) is 0 Å². The molecule has 5 heteroatoms. The highest BCUT2D eigenvalue weighted by molar-refractivity contribution is 6.05. The van der Waals surface area contributed by atoms with Crippen LogP contribution in [0.5, 0.6) is 0 Å². The molecule has 2 N–H and O–H groups in total. The molecule has 0 bridgehead atoms. The Labute approximate surface area is 139 Å². The van der Waals surface area contributed by atoms with Gasteiger partial charge in [-0.25, -0.2) is 9.59 Å². The highest BCUT2D eigenvalue weighted by Gasteiger charge is 2.53. The van der Waals surface area contributed by atoms with Crippen molar-refractivity contribution in [1.82, 2.24) is 5.32 Å². The van der Waals surface area contributed by atoms with Gasteiger partial charge in [0, 0.05) is 5.92 Å². The number of esters is 1. The van der Waals surface area contributed by atoms with Crippen LogP contribution in [-0.4, -0.2) is 35.7 Å². The maximum atomic E-state index is 12.3. The summed E-state index contributed by atoms with van der Waals surface area (Å²) in [6.07, 6.45) is 0.263. The van der Waals surface area contributed by atoms with Crippen LogP contribution in [0, 0.1) is 0 Å². The van der Waals surface area contributed by atoms with Crippen molar-refractivity contribution < 1.29 is 19.4 Å².